The van der Waals surface area contributed by atoms with Crippen molar-refractivity contribution in [2.45, 2.75) is 6.54 Å². The van der Waals surface area contributed by atoms with E-state index in [0.717, 1.165) is 5.56 Å². The molecule has 9 nitrogen and oxygen atoms in total. The van der Waals surface area contributed by atoms with Crippen LogP contribution in [0.25, 0.3) is 0 Å². The molecule has 24 heavy (non-hydrogen) atoms. The summed E-state index contributed by atoms with van der Waals surface area (Å²) in [5.74, 6) is 1.17. The quantitative estimate of drug-likeness (QED) is 0.864. The standard InChI is InChI=1S/C15H21N7O2/c1-20-11-12(10-18-20)9-17-15(23)22-7-5-21(6-8-22)14-16-4-3-13(19-14)24-2/h3-4,10-11H,5-9H2,1-2H3,(H,17,23). The molecule has 2 amide bonds. The Hall–Kier alpha value is -2.84. The number of nitrogens with zero attached hydrogens (tertiary/aromatic N) is 6. The van der Waals surface area contributed by atoms with E-state index in [-0.39, 0.29) is 6.03 Å². The highest BCUT2D eigenvalue weighted by atomic mass is 16.5. The van der Waals surface area contributed by atoms with Gasteiger partial charge in [0.25, 0.3) is 0 Å². The Morgan fingerprint density at radius 2 is 2.12 bits per heavy atom. The first-order valence-electron chi connectivity index (χ1n) is 7.78. The third kappa shape index (κ3) is 3.73. The number of piperazine rings is 1. The highest BCUT2D eigenvalue weighted by Gasteiger charge is 2.22. The van der Waals surface area contributed by atoms with Gasteiger partial charge in [-0.15, -0.1) is 0 Å². The van der Waals surface area contributed by atoms with Gasteiger partial charge in [-0.1, -0.05) is 0 Å². The number of anilines is 1. The van der Waals surface area contributed by atoms with Crippen LogP contribution in [0.2, 0.25) is 0 Å². The Morgan fingerprint density at radius 1 is 1.33 bits per heavy atom. The fourth-order valence-electron chi connectivity index (χ4n) is 2.56. The summed E-state index contributed by atoms with van der Waals surface area (Å²) >= 11 is 0. The first kappa shape index (κ1) is 16.0. The number of urea groups is 1. The number of carbonyl (C=O) groups excluding carboxylic acids is 1. The zero-order valence-corrected chi connectivity index (χ0v) is 13.8. The number of methoxy groups -OCH3 is 1. The first-order valence-corrected chi connectivity index (χ1v) is 7.78. The molecule has 1 saturated heterocycles. The lowest BCUT2D eigenvalue weighted by Crippen LogP contribution is -2.52. The normalized spacial score (nSPS) is 14.6. The van der Waals surface area contributed by atoms with Crippen LogP contribution in [0.3, 0.4) is 0 Å². The number of carbonyl (C=O) groups is 1. The molecule has 1 aliphatic rings. The average molecular weight is 331 g/mol. The number of hydrogen-bond acceptors (Lipinski definition) is 6. The van der Waals surface area contributed by atoms with Crippen molar-refractivity contribution < 1.29 is 9.53 Å². The molecule has 3 rings (SSSR count). The van der Waals surface area contributed by atoms with E-state index in [1.54, 1.807) is 35.2 Å². The molecule has 0 unspecified atom stereocenters. The SMILES string of the molecule is COc1ccnc(N2CCN(C(=O)NCc3cnn(C)c3)CC2)n1. The molecule has 9 heteroatoms. The van der Waals surface area contributed by atoms with Crippen LogP contribution in [0, 0.1) is 0 Å². The molecule has 0 spiro atoms. The average Bonchev–Trinajstić information content (AvgIpc) is 3.05. The highest BCUT2D eigenvalue weighted by molar-refractivity contribution is 5.74. The molecule has 1 N–H and O–H groups in total. The maximum Gasteiger partial charge on any atom is 0.317 e. The number of nitrogens with one attached hydrogen (secondary N) is 1. The highest BCUT2D eigenvalue weighted by Crippen LogP contribution is 2.14. The third-order valence-electron chi connectivity index (χ3n) is 3.88. The Bertz CT molecular complexity index is 695. The van der Waals surface area contributed by atoms with Gasteiger partial charge < -0.3 is 19.9 Å². The molecule has 0 aliphatic carbocycles. The second kappa shape index (κ2) is 7.16. The number of ether oxygens (including phenoxy) is 1. The van der Waals surface area contributed by atoms with Crippen LogP contribution in [0.15, 0.2) is 24.7 Å². The maximum absolute atomic E-state index is 12.2. The van der Waals surface area contributed by atoms with Crippen molar-refractivity contribution in [1.29, 1.82) is 0 Å². The summed E-state index contributed by atoms with van der Waals surface area (Å²) in [5, 5.41) is 7.00. The third-order valence-corrected chi connectivity index (χ3v) is 3.88. The van der Waals surface area contributed by atoms with Crippen LogP contribution in [0.5, 0.6) is 5.88 Å². The second-order valence-electron chi connectivity index (χ2n) is 5.55. The zero-order chi connectivity index (χ0) is 16.9. The van der Waals surface area contributed by atoms with E-state index >= 15 is 0 Å². The van der Waals surface area contributed by atoms with E-state index in [1.165, 1.54) is 0 Å². The zero-order valence-electron chi connectivity index (χ0n) is 13.8. The molecule has 2 aromatic heterocycles. The van der Waals surface area contributed by atoms with Crippen molar-refractivity contribution in [2.24, 2.45) is 7.05 Å². The van der Waals surface area contributed by atoms with Gasteiger partial charge in [0.15, 0.2) is 0 Å². The molecule has 0 saturated carbocycles. The summed E-state index contributed by atoms with van der Waals surface area (Å²) in [5.41, 5.74) is 0.981. The molecular formula is C15H21N7O2. The smallest absolute Gasteiger partial charge is 0.317 e. The Morgan fingerprint density at radius 3 is 2.79 bits per heavy atom. The Kier molecular flexibility index (Phi) is 4.78. The van der Waals surface area contributed by atoms with Gasteiger partial charge in [-0.2, -0.15) is 10.1 Å². The molecule has 0 radical (unpaired) electrons. The van der Waals surface area contributed by atoms with Crippen LogP contribution in [0.1, 0.15) is 5.56 Å². The monoisotopic (exact) mass is 331 g/mol. The minimum Gasteiger partial charge on any atom is -0.481 e. The summed E-state index contributed by atoms with van der Waals surface area (Å²) < 4.78 is 6.84. The molecule has 1 aliphatic heterocycles. The molecule has 0 aromatic carbocycles. The van der Waals surface area contributed by atoms with Gasteiger partial charge in [0.1, 0.15) is 0 Å². The number of aryl methyl sites for hydroxylation is 1. The van der Waals surface area contributed by atoms with Crippen LogP contribution >= 0.6 is 0 Å². The second-order valence-corrected chi connectivity index (χ2v) is 5.55. The van der Waals surface area contributed by atoms with Crippen LogP contribution in [0.4, 0.5) is 10.7 Å². The van der Waals surface area contributed by atoms with Crippen molar-refractivity contribution >= 4 is 12.0 Å². The fraction of sp³-hybridized carbons (Fsp3) is 0.467. The van der Waals surface area contributed by atoms with Crippen molar-refractivity contribution in [3.8, 4) is 5.88 Å². The van der Waals surface area contributed by atoms with Gasteiger partial charge in [0.2, 0.25) is 11.8 Å². The molecule has 2 aromatic rings. The summed E-state index contributed by atoms with van der Waals surface area (Å²) in [6.45, 7) is 3.10. The molecule has 3 heterocycles. The molecular weight excluding hydrogens is 310 g/mol. The topological polar surface area (TPSA) is 88.4 Å². The number of hydrogen-bond donors (Lipinski definition) is 1. The van der Waals surface area contributed by atoms with Gasteiger partial charge >= 0.3 is 6.03 Å². The number of aromatic nitrogens is 4. The Balaban J connectivity index is 1.49. The van der Waals surface area contributed by atoms with Crippen LogP contribution < -0.4 is 15.0 Å². The summed E-state index contributed by atoms with van der Waals surface area (Å²) in [7, 11) is 3.43. The minimum absolute atomic E-state index is 0.0648. The number of rotatable bonds is 4. The van der Waals surface area contributed by atoms with Crippen molar-refractivity contribution in [3.05, 3.63) is 30.2 Å². The van der Waals surface area contributed by atoms with E-state index in [2.05, 4.69) is 20.4 Å². The van der Waals surface area contributed by atoms with Crippen molar-refractivity contribution in [3.63, 3.8) is 0 Å². The predicted molar refractivity (Wildman–Crippen MR) is 87.8 cm³/mol. The number of amides is 2. The summed E-state index contributed by atoms with van der Waals surface area (Å²) in [6, 6.07) is 1.65. The Labute approximate surface area is 140 Å². The molecule has 0 bridgehead atoms. The van der Waals surface area contributed by atoms with Crippen molar-refractivity contribution in [1.82, 2.24) is 30.0 Å². The molecule has 128 valence electrons. The van der Waals surface area contributed by atoms with E-state index in [9.17, 15) is 4.79 Å². The molecule has 1 fully saturated rings. The maximum atomic E-state index is 12.2. The van der Waals surface area contributed by atoms with Gasteiger partial charge in [-0.3, -0.25) is 4.68 Å². The van der Waals surface area contributed by atoms with Crippen molar-refractivity contribution in [2.75, 3.05) is 38.2 Å². The van der Waals surface area contributed by atoms with E-state index in [4.69, 9.17) is 4.74 Å². The largest absolute Gasteiger partial charge is 0.481 e. The summed E-state index contributed by atoms with van der Waals surface area (Å²) in [4.78, 5) is 24.7. The van der Waals surface area contributed by atoms with Gasteiger partial charge in [-0.25, -0.2) is 9.78 Å². The fourth-order valence-corrected chi connectivity index (χ4v) is 2.56. The first-order chi connectivity index (χ1) is 11.7. The predicted octanol–water partition coefficient (Wildman–Crippen LogP) is 0.250. The molecule has 0 atom stereocenters. The van der Waals surface area contributed by atoms with Gasteiger partial charge in [-0.05, 0) is 0 Å². The van der Waals surface area contributed by atoms with E-state index in [1.807, 2.05) is 18.1 Å². The lowest BCUT2D eigenvalue weighted by molar-refractivity contribution is 0.193. The van der Waals surface area contributed by atoms with Gasteiger partial charge in [0, 0.05) is 63.8 Å². The lowest BCUT2D eigenvalue weighted by Gasteiger charge is -2.34. The van der Waals surface area contributed by atoms with Gasteiger partial charge in [0.05, 0.1) is 13.3 Å². The van der Waals surface area contributed by atoms with E-state index in [0.29, 0.717) is 44.6 Å². The van der Waals surface area contributed by atoms with Crippen LogP contribution in [-0.4, -0.2) is 64.0 Å². The minimum atomic E-state index is -0.0648. The van der Waals surface area contributed by atoms with Crippen LogP contribution in [-0.2, 0) is 13.6 Å². The van der Waals surface area contributed by atoms with E-state index < -0.39 is 0 Å². The summed E-state index contributed by atoms with van der Waals surface area (Å²) in [6.07, 6.45) is 5.31. The lowest BCUT2D eigenvalue weighted by atomic mass is 10.3.